The molecule has 0 saturated carbocycles. The lowest BCUT2D eigenvalue weighted by atomic mass is 10.2. The minimum Gasteiger partial charge on any atom is -0.508 e. The third-order valence-corrected chi connectivity index (χ3v) is 2.22. The third-order valence-electron chi connectivity index (χ3n) is 1.59. The van der Waals surface area contributed by atoms with Crippen LogP contribution in [0.3, 0.4) is 0 Å². The number of primary amides is 1. The van der Waals surface area contributed by atoms with Gasteiger partial charge in [0.2, 0.25) is 0 Å². The van der Waals surface area contributed by atoms with Crippen LogP contribution in [0.1, 0.15) is 5.56 Å². The summed E-state index contributed by atoms with van der Waals surface area (Å²) in [6.07, 6.45) is 1.50. The van der Waals surface area contributed by atoms with Gasteiger partial charge in [-0.2, -0.15) is 5.26 Å². The number of benzene rings is 1. The number of carbonyl (C=O) groups is 1. The van der Waals surface area contributed by atoms with E-state index in [1.807, 2.05) is 0 Å². The number of aromatic hydroxyl groups is 1. The van der Waals surface area contributed by atoms with E-state index in [-0.39, 0.29) is 10.7 Å². The highest BCUT2D eigenvalue weighted by Crippen LogP contribution is 2.19. The average molecular weight is 220 g/mol. The van der Waals surface area contributed by atoms with Crippen LogP contribution in [0.2, 0.25) is 0 Å². The molecule has 1 aromatic rings. The van der Waals surface area contributed by atoms with Gasteiger partial charge in [-0.3, -0.25) is 4.79 Å². The number of nitrogens with zero attached hydrogens (tertiary/aromatic N) is 1. The summed E-state index contributed by atoms with van der Waals surface area (Å²) in [4.78, 5) is 11.1. The highest BCUT2D eigenvalue weighted by molar-refractivity contribution is 8.08. The second-order valence-electron chi connectivity index (χ2n) is 2.66. The van der Waals surface area contributed by atoms with Crippen LogP contribution in [0.4, 0.5) is 0 Å². The number of nitrogens with two attached hydrogens (primary N) is 1. The Morgan fingerprint density at radius 2 is 2.07 bits per heavy atom. The molecule has 0 spiro atoms. The first-order chi connectivity index (χ1) is 7.13. The van der Waals surface area contributed by atoms with Gasteiger partial charge in [-0.05, 0) is 35.5 Å². The number of rotatable bonds is 3. The molecule has 0 saturated heterocycles. The Kier molecular flexibility index (Phi) is 3.77. The number of amides is 1. The van der Waals surface area contributed by atoms with Crippen molar-refractivity contribution >= 4 is 23.7 Å². The van der Waals surface area contributed by atoms with Crippen molar-refractivity contribution in [3.63, 3.8) is 0 Å². The molecule has 0 aliphatic carbocycles. The molecule has 1 rings (SSSR count). The number of phenolic OH excluding ortho intramolecular Hbond substituents is 1. The Morgan fingerprint density at radius 3 is 2.53 bits per heavy atom. The van der Waals surface area contributed by atoms with E-state index in [4.69, 9.17) is 16.1 Å². The van der Waals surface area contributed by atoms with Gasteiger partial charge < -0.3 is 10.8 Å². The molecule has 1 amide bonds. The van der Waals surface area contributed by atoms with E-state index in [0.717, 1.165) is 0 Å². The fraction of sp³-hybridized carbons (Fsp3) is 0. The summed E-state index contributed by atoms with van der Waals surface area (Å²) in [6, 6.07) is 6.22. The predicted molar refractivity (Wildman–Crippen MR) is 58.5 cm³/mol. The predicted octanol–water partition coefficient (Wildman–Crippen LogP) is 1.43. The molecule has 15 heavy (non-hydrogen) atoms. The van der Waals surface area contributed by atoms with Crippen LogP contribution in [-0.4, -0.2) is 11.0 Å². The van der Waals surface area contributed by atoms with Gasteiger partial charge in [-0.1, -0.05) is 12.1 Å². The average Bonchev–Trinajstić information content (AvgIpc) is 2.20. The maximum absolute atomic E-state index is 10.9. The van der Waals surface area contributed by atoms with E-state index in [9.17, 15) is 4.79 Å². The quantitative estimate of drug-likeness (QED) is 0.596. The SMILES string of the molecule is N#CS/C(=C\c1ccc(O)cc1)C(N)=O. The number of hydrogen-bond acceptors (Lipinski definition) is 4. The standard InChI is InChI=1S/C10H8N2O2S/c11-6-15-9(10(12)14)5-7-1-3-8(13)4-2-7/h1-5,13H,(H2,12,14)/b9-5-. The number of nitriles is 1. The number of hydrogen-bond donors (Lipinski definition) is 2. The second kappa shape index (κ2) is 5.08. The number of phenols is 1. The lowest BCUT2D eigenvalue weighted by Crippen LogP contribution is -2.11. The van der Waals surface area contributed by atoms with E-state index in [1.165, 1.54) is 18.2 Å². The van der Waals surface area contributed by atoms with Crippen LogP contribution in [0.25, 0.3) is 6.08 Å². The van der Waals surface area contributed by atoms with Gasteiger partial charge in [0, 0.05) is 0 Å². The lowest BCUT2D eigenvalue weighted by molar-refractivity contribution is -0.113. The molecule has 3 N–H and O–H groups in total. The normalized spacial score (nSPS) is 10.7. The van der Waals surface area contributed by atoms with Crippen LogP contribution >= 0.6 is 11.8 Å². The van der Waals surface area contributed by atoms with E-state index in [0.29, 0.717) is 17.3 Å². The Bertz CT molecular complexity index is 432. The van der Waals surface area contributed by atoms with Crippen LogP contribution < -0.4 is 5.73 Å². The van der Waals surface area contributed by atoms with E-state index in [2.05, 4.69) is 0 Å². The van der Waals surface area contributed by atoms with Crippen LogP contribution in [0.15, 0.2) is 29.2 Å². The number of thiocyanates is 1. The van der Waals surface area contributed by atoms with Gasteiger partial charge in [0.1, 0.15) is 11.2 Å². The molecule has 0 aliphatic rings. The first-order valence-electron chi connectivity index (χ1n) is 4.00. The van der Waals surface area contributed by atoms with Gasteiger partial charge in [-0.25, -0.2) is 0 Å². The summed E-state index contributed by atoms with van der Waals surface area (Å²) in [6.45, 7) is 0. The van der Waals surface area contributed by atoms with Crippen molar-refractivity contribution in [3.05, 3.63) is 34.7 Å². The van der Waals surface area contributed by atoms with Crippen molar-refractivity contribution in [2.45, 2.75) is 0 Å². The third kappa shape index (κ3) is 3.37. The zero-order chi connectivity index (χ0) is 11.3. The second-order valence-corrected chi connectivity index (χ2v) is 3.48. The molecule has 0 atom stereocenters. The Labute approximate surface area is 91.0 Å². The summed E-state index contributed by atoms with van der Waals surface area (Å²) >= 11 is 0.713. The molecule has 0 fully saturated rings. The molecule has 0 aliphatic heterocycles. The highest BCUT2D eigenvalue weighted by atomic mass is 32.2. The molecule has 0 radical (unpaired) electrons. The molecule has 5 heteroatoms. The maximum atomic E-state index is 10.9. The van der Waals surface area contributed by atoms with E-state index >= 15 is 0 Å². The van der Waals surface area contributed by atoms with Gasteiger partial charge in [0.15, 0.2) is 0 Å². The minimum atomic E-state index is -0.644. The lowest BCUT2D eigenvalue weighted by Gasteiger charge is -1.97. The fourth-order valence-corrected chi connectivity index (χ4v) is 1.32. The van der Waals surface area contributed by atoms with Crippen molar-refractivity contribution in [1.82, 2.24) is 0 Å². The molecule has 4 nitrogen and oxygen atoms in total. The Morgan fingerprint density at radius 1 is 1.47 bits per heavy atom. The van der Waals surface area contributed by atoms with Gasteiger partial charge >= 0.3 is 0 Å². The summed E-state index contributed by atoms with van der Waals surface area (Å²) < 4.78 is 0. The first-order valence-corrected chi connectivity index (χ1v) is 4.81. The summed E-state index contributed by atoms with van der Waals surface area (Å²) in [5.41, 5.74) is 5.77. The first kappa shape index (κ1) is 11.1. The molecule has 0 heterocycles. The van der Waals surface area contributed by atoms with Crippen molar-refractivity contribution in [3.8, 4) is 11.2 Å². The topological polar surface area (TPSA) is 87.1 Å². The zero-order valence-corrected chi connectivity index (χ0v) is 8.49. The summed E-state index contributed by atoms with van der Waals surface area (Å²) in [5, 5.41) is 19.2. The molecule has 0 bridgehead atoms. The van der Waals surface area contributed by atoms with Gasteiger partial charge in [-0.15, -0.1) is 0 Å². The van der Waals surface area contributed by atoms with Crippen LogP contribution in [0, 0.1) is 10.7 Å². The number of carbonyl (C=O) groups excluding carboxylic acids is 1. The molecule has 1 aromatic carbocycles. The van der Waals surface area contributed by atoms with Crippen molar-refractivity contribution < 1.29 is 9.90 Å². The van der Waals surface area contributed by atoms with Crippen molar-refractivity contribution in [1.29, 1.82) is 5.26 Å². The smallest absolute Gasteiger partial charge is 0.256 e. The number of thioether (sulfide) groups is 1. The molecule has 0 unspecified atom stereocenters. The van der Waals surface area contributed by atoms with Gasteiger partial charge in [0.05, 0.1) is 4.91 Å². The fourth-order valence-electron chi connectivity index (χ4n) is 0.922. The maximum Gasteiger partial charge on any atom is 0.256 e. The monoisotopic (exact) mass is 220 g/mol. The van der Waals surface area contributed by atoms with Crippen LogP contribution in [0.5, 0.6) is 5.75 Å². The Balaban J connectivity index is 2.98. The summed E-state index contributed by atoms with van der Waals surface area (Å²) in [7, 11) is 0. The van der Waals surface area contributed by atoms with Crippen molar-refractivity contribution in [2.24, 2.45) is 5.73 Å². The zero-order valence-electron chi connectivity index (χ0n) is 7.68. The van der Waals surface area contributed by atoms with Crippen LogP contribution in [-0.2, 0) is 4.79 Å². The molecule has 76 valence electrons. The highest BCUT2D eigenvalue weighted by Gasteiger charge is 2.05. The molecule has 0 aromatic heterocycles. The largest absolute Gasteiger partial charge is 0.508 e. The van der Waals surface area contributed by atoms with E-state index in [1.54, 1.807) is 17.5 Å². The minimum absolute atomic E-state index is 0.140. The van der Waals surface area contributed by atoms with Crippen molar-refractivity contribution in [2.75, 3.05) is 0 Å². The summed E-state index contributed by atoms with van der Waals surface area (Å²) in [5.74, 6) is -0.504. The van der Waals surface area contributed by atoms with E-state index < -0.39 is 5.91 Å². The molecular weight excluding hydrogens is 212 g/mol. The Hall–Kier alpha value is -1.93. The van der Waals surface area contributed by atoms with Gasteiger partial charge in [0.25, 0.3) is 5.91 Å². The molecular formula is C10H8N2O2S.